The van der Waals surface area contributed by atoms with E-state index in [1.54, 1.807) is 0 Å². The van der Waals surface area contributed by atoms with Crippen molar-refractivity contribution in [3.05, 3.63) is 5.73 Å². The Labute approximate surface area is 146 Å². The first kappa shape index (κ1) is 20.5. The van der Waals surface area contributed by atoms with Crippen LogP contribution in [0.2, 0.25) is 0 Å². The number of carboxylic acid groups (broad SMARTS) is 1. The average Bonchev–Trinajstić information content (AvgIpc) is 2.26. The normalized spacial score (nSPS) is 11.9. The predicted molar refractivity (Wildman–Crippen MR) is 71.2 cm³/mol. The fourth-order valence-corrected chi connectivity index (χ4v) is 1.87. The van der Waals surface area contributed by atoms with E-state index in [1.807, 2.05) is 0 Å². The molecule has 5 heteroatoms. The Morgan fingerprint density at radius 1 is 1.00 bits per heavy atom. The molecule has 0 fully saturated rings. The summed E-state index contributed by atoms with van der Waals surface area (Å²) >= 11 is 4.16. The molecule has 17 heavy (non-hydrogen) atoms. The summed E-state index contributed by atoms with van der Waals surface area (Å²) in [6.07, 6.45) is 9.89. The zero-order chi connectivity index (χ0) is 12.2. The molecule has 1 unspecified atom stereocenters. The molecule has 0 amide bonds. The Bertz CT molecular complexity index is 182. The van der Waals surface area contributed by atoms with Gasteiger partial charge in [-0.3, -0.25) is 4.79 Å². The van der Waals surface area contributed by atoms with Crippen molar-refractivity contribution in [2.45, 2.75) is 63.8 Å². The first-order valence-corrected chi connectivity index (χ1v) is 6.86. The van der Waals surface area contributed by atoms with Crippen LogP contribution in [0.3, 0.4) is 0 Å². The summed E-state index contributed by atoms with van der Waals surface area (Å²) in [7, 11) is 0. The van der Waals surface area contributed by atoms with Gasteiger partial charge in [0.2, 0.25) is 0 Å². The number of carbonyl (C=O) groups is 1. The van der Waals surface area contributed by atoms with Gasteiger partial charge in [0.15, 0.2) is 0 Å². The van der Waals surface area contributed by atoms with Gasteiger partial charge in [-0.25, -0.2) is 0 Å². The van der Waals surface area contributed by atoms with Crippen molar-refractivity contribution >= 4 is 18.6 Å². The zero-order valence-corrected chi connectivity index (χ0v) is 16.2. The Hall–Kier alpha value is 1.22. The van der Waals surface area contributed by atoms with Gasteiger partial charge < -0.3 is 10.8 Å². The van der Waals surface area contributed by atoms with Crippen molar-refractivity contribution in [2.75, 3.05) is 5.75 Å². The second kappa shape index (κ2) is 15.3. The molecular formula is C12H24AcNO2S-. The van der Waals surface area contributed by atoms with Gasteiger partial charge in [-0.2, -0.15) is 12.6 Å². The minimum atomic E-state index is -0.994. The number of rotatable bonds is 11. The first-order valence-electron chi connectivity index (χ1n) is 6.23. The smallest absolute Gasteiger partial charge is 0.285 e. The van der Waals surface area contributed by atoms with Crippen molar-refractivity contribution < 1.29 is 54.0 Å². The van der Waals surface area contributed by atoms with Crippen LogP contribution in [0.5, 0.6) is 0 Å². The molecule has 99 valence electrons. The van der Waals surface area contributed by atoms with Gasteiger partial charge >= 0.3 is 0 Å². The van der Waals surface area contributed by atoms with Crippen molar-refractivity contribution in [1.29, 1.82) is 0 Å². The van der Waals surface area contributed by atoms with Crippen LogP contribution in [-0.4, -0.2) is 22.9 Å². The molecule has 0 saturated carbocycles. The maximum Gasteiger partial charge on any atom is 0.285 e. The van der Waals surface area contributed by atoms with E-state index in [2.05, 4.69) is 12.6 Å². The second-order valence-electron chi connectivity index (χ2n) is 4.23. The maximum absolute atomic E-state index is 10.4. The maximum atomic E-state index is 10.4. The first-order chi connectivity index (χ1) is 7.68. The minimum Gasteiger partial charge on any atom is -0.665 e. The van der Waals surface area contributed by atoms with Crippen LogP contribution >= 0.6 is 12.6 Å². The van der Waals surface area contributed by atoms with E-state index >= 15 is 0 Å². The molecule has 0 rings (SSSR count). The molecule has 0 aliphatic carbocycles. The Balaban J connectivity index is 0. The molecule has 0 aliphatic heterocycles. The average molecular weight is 473 g/mol. The number of carboxylic acids is 1. The third-order valence-corrected chi connectivity index (χ3v) is 3.02. The Morgan fingerprint density at radius 3 is 1.82 bits per heavy atom. The Morgan fingerprint density at radius 2 is 1.41 bits per heavy atom. The number of unbranched alkanes of at least 4 members (excludes halogenated alkanes) is 7. The summed E-state index contributed by atoms with van der Waals surface area (Å²) in [4.78, 5) is 10.4. The second-order valence-corrected chi connectivity index (χ2v) is 4.68. The molecule has 0 spiro atoms. The van der Waals surface area contributed by atoms with Crippen LogP contribution in [0.4, 0.5) is 0 Å². The minimum absolute atomic E-state index is 0. The van der Waals surface area contributed by atoms with Crippen LogP contribution in [-0.2, 0) is 4.79 Å². The SMILES string of the molecule is [Ac].[NH-]C(CCCCCCCCCCS)C(=O)O. The molecule has 0 bridgehead atoms. The molecule has 0 aromatic heterocycles. The molecule has 0 heterocycles. The van der Waals surface area contributed by atoms with E-state index in [9.17, 15) is 4.79 Å². The number of thiol groups is 1. The van der Waals surface area contributed by atoms with Gasteiger partial charge in [-0.1, -0.05) is 51.4 Å². The quantitative estimate of drug-likeness (QED) is 0.353. The Kier molecular flexibility index (Phi) is 18.5. The zero-order valence-electron chi connectivity index (χ0n) is 10.5. The van der Waals surface area contributed by atoms with Crippen LogP contribution in [0, 0.1) is 44.1 Å². The van der Waals surface area contributed by atoms with Gasteiger partial charge in [0.25, 0.3) is 5.97 Å². The van der Waals surface area contributed by atoms with E-state index < -0.39 is 12.0 Å². The summed E-state index contributed by atoms with van der Waals surface area (Å²) in [5.41, 5.74) is 7.21. The monoisotopic (exact) mass is 473 g/mol. The van der Waals surface area contributed by atoms with Crippen molar-refractivity contribution in [3.63, 3.8) is 0 Å². The van der Waals surface area contributed by atoms with Gasteiger partial charge in [-0.05, 0) is 18.2 Å². The van der Waals surface area contributed by atoms with Crippen LogP contribution < -0.4 is 0 Å². The number of hydrogen-bond donors (Lipinski definition) is 2. The van der Waals surface area contributed by atoms with E-state index in [0.29, 0.717) is 6.42 Å². The third-order valence-electron chi connectivity index (χ3n) is 2.70. The van der Waals surface area contributed by atoms with Crippen LogP contribution in [0.15, 0.2) is 0 Å². The molecule has 1 radical (unpaired) electrons. The van der Waals surface area contributed by atoms with Gasteiger partial charge in [-0.15, -0.1) is 0 Å². The summed E-state index contributed by atoms with van der Waals surface area (Å²) in [5.74, 6) is -0.00756. The molecule has 0 aliphatic rings. The summed E-state index contributed by atoms with van der Waals surface area (Å²) < 4.78 is 0. The van der Waals surface area contributed by atoms with E-state index in [1.165, 1.54) is 38.5 Å². The fraction of sp³-hybridized carbons (Fsp3) is 0.917. The van der Waals surface area contributed by atoms with Gasteiger partial charge in [0.1, 0.15) is 0 Å². The molecule has 3 nitrogen and oxygen atoms in total. The topological polar surface area (TPSA) is 61.1 Å². The van der Waals surface area contributed by atoms with Gasteiger partial charge in [0, 0.05) is 44.1 Å². The van der Waals surface area contributed by atoms with E-state index in [0.717, 1.165) is 18.6 Å². The molecule has 1 atom stereocenters. The fourth-order valence-electron chi connectivity index (χ4n) is 1.64. The molecular weight excluding hydrogens is 449 g/mol. The standard InChI is InChI=1S/C12H24NO2S.Ac/c13-11(12(14)15)9-7-5-3-1-2-4-6-8-10-16;/h11,13,16H,1-10H2,(H,14,15);/q-1;. The van der Waals surface area contributed by atoms with Crippen molar-refractivity contribution in [1.82, 2.24) is 0 Å². The molecule has 2 N–H and O–H groups in total. The molecule has 0 aromatic rings. The van der Waals surface area contributed by atoms with E-state index in [4.69, 9.17) is 10.8 Å². The number of hydrogen-bond acceptors (Lipinski definition) is 2. The summed E-state index contributed by atoms with van der Waals surface area (Å²) in [5, 5.41) is 8.51. The molecule has 0 saturated heterocycles. The summed E-state index contributed by atoms with van der Waals surface area (Å²) in [6, 6.07) is -0.921. The number of nitrogens with one attached hydrogen (secondary N) is 1. The summed E-state index contributed by atoms with van der Waals surface area (Å²) in [6.45, 7) is 0. The van der Waals surface area contributed by atoms with Gasteiger partial charge in [0.05, 0.1) is 0 Å². The third kappa shape index (κ3) is 15.2. The predicted octanol–water partition coefficient (Wildman–Crippen LogP) is 3.93. The van der Waals surface area contributed by atoms with E-state index in [-0.39, 0.29) is 44.1 Å². The van der Waals surface area contributed by atoms with Crippen LogP contribution in [0.25, 0.3) is 5.73 Å². The largest absolute Gasteiger partial charge is 0.665 e. The van der Waals surface area contributed by atoms with Crippen LogP contribution in [0.1, 0.15) is 57.8 Å². The number of aliphatic carboxylic acids is 1. The molecule has 0 aromatic carbocycles. The van der Waals surface area contributed by atoms with Crippen molar-refractivity contribution in [3.8, 4) is 0 Å². The van der Waals surface area contributed by atoms with Crippen molar-refractivity contribution in [2.24, 2.45) is 0 Å².